The van der Waals surface area contributed by atoms with Crippen LogP contribution in [0.2, 0.25) is 0 Å². The van der Waals surface area contributed by atoms with Gasteiger partial charge in [-0.1, -0.05) is 43.9 Å². The molecule has 2 nitrogen and oxygen atoms in total. The van der Waals surface area contributed by atoms with E-state index in [9.17, 15) is 9.90 Å². The van der Waals surface area contributed by atoms with Gasteiger partial charge in [0, 0.05) is 11.8 Å². The molecular formula is C24H32O2. The van der Waals surface area contributed by atoms with E-state index >= 15 is 0 Å². The fourth-order valence-electron chi connectivity index (χ4n) is 7.37. The van der Waals surface area contributed by atoms with Gasteiger partial charge >= 0.3 is 0 Å². The summed E-state index contributed by atoms with van der Waals surface area (Å²) in [5.41, 5.74) is 1.69. The Balaban J connectivity index is 1.86. The zero-order valence-electron chi connectivity index (χ0n) is 16.6. The molecule has 0 heterocycles. The molecule has 0 spiro atoms. The van der Waals surface area contributed by atoms with Crippen molar-refractivity contribution in [1.29, 1.82) is 0 Å². The van der Waals surface area contributed by atoms with Crippen LogP contribution in [0.1, 0.15) is 66.2 Å². The highest BCUT2D eigenvalue weighted by Gasteiger charge is 2.65. The standard InChI is InChI=1S/C24H32O2/c1-6-16-14-23(5)19(9-11-24(23,26)7-2)20-15(3)12-17-13-18(25)8-10-22(17,4)21(16)20/h2,6,13,15,19-21,26H,8-12,14H2,1,3-5H3/b16-6+/t15-,19+,20+,21+,22+,23+,24+/m1/s1. The van der Waals surface area contributed by atoms with Crippen molar-refractivity contribution in [3.63, 3.8) is 0 Å². The van der Waals surface area contributed by atoms with Gasteiger partial charge in [0.05, 0.1) is 0 Å². The summed E-state index contributed by atoms with van der Waals surface area (Å²) in [6.07, 6.45) is 15.4. The van der Waals surface area contributed by atoms with Crippen molar-refractivity contribution < 1.29 is 9.90 Å². The van der Waals surface area contributed by atoms with Crippen LogP contribution in [-0.2, 0) is 4.79 Å². The Hall–Kier alpha value is -1.33. The van der Waals surface area contributed by atoms with E-state index in [4.69, 9.17) is 6.42 Å². The van der Waals surface area contributed by atoms with Crippen LogP contribution < -0.4 is 0 Å². The normalized spacial score (nSPS) is 51.9. The van der Waals surface area contributed by atoms with Crippen molar-refractivity contribution in [3.8, 4) is 12.3 Å². The quantitative estimate of drug-likeness (QED) is 0.507. The molecule has 0 aromatic carbocycles. The third kappa shape index (κ3) is 2.07. The van der Waals surface area contributed by atoms with Gasteiger partial charge in [-0.3, -0.25) is 4.79 Å². The third-order valence-corrected chi connectivity index (χ3v) is 8.86. The number of allylic oxidation sites excluding steroid dienone is 3. The lowest BCUT2D eigenvalue weighted by molar-refractivity contribution is -0.118. The minimum Gasteiger partial charge on any atom is -0.377 e. The fraction of sp³-hybridized carbons (Fsp3) is 0.708. The van der Waals surface area contributed by atoms with Gasteiger partial charge in [0.1, 0.15) is 5.60 Å². The van der Waals surface area contributed by atoms with Crippen molar-refractivity contribution in [3.05, 3.63) is 23.3 Å². The molecule has 1 N–H and O–H groups in total. The highest BCUT2D eigenvalue weighted by Crippen LogP contribution is 2.69. The van der Waals surface area contributed by atoms with Crippen LogP contribution in [0.4, 0.5) is 0 Å². The Labute approximate surface area is 158 Å². The Morgan fingerprint density at radius 3 is 2.73 bits per heavy atom. The Morgan fingerprint density at radius 1 is 1.35 bits per heavy atom. The number of hydrogen-bond donors (Lipinski definition) is 1. The summed E-state index contributed by atoms with van der Waals surface area (Å²) >= 11 is 0. The van der Waals surface area contributed by atoms with E-state index in [0.29, 0.717) is 35.9 Å². The van der Waals surface area contributed by atoms with Gasteiger partial charge in [0.15, 0.2) is 5.78 Å². The second-order valence-corrected chi connectivity index (χ2v) is 9.90. The first-order chi connectivity index (χ1) is 12.2. The molecule has 0 bridgehead atoms. The molecule has 0 unspecified atom stereocenters. The highest BCUT2D eigenvalue weighted by atomic mass is 16.3. The number of ketones is 1. The molecule has 26 heavy (non-hydrogen) atoms. The molecule has 0 aromatic rings. The Kier molecular flexibility index (Phi) is 3.88. The van der Waals surface area contributed by atoms with Gasteiger partial charge in [-0.2, -0.15) is 0 Å². The van der Waals surface area contributed by atoms with E-state index < -0.39 is 5.60 Å². The summed E-state index contributed by atoms with van der Waals surface area (Å²) < 4.78 is 0. The van der Waals surface area contributed by atoms with Gasteiger partial charge in [-0.05, 0) is 74.2 Å². The van der Waals surface area contributed by atoms with E-state index in [1.807, 2.05) is 6.08 Å². The largest absolute Gasteiger partial charge is 0.377 e. The van der Waals surface area contributed by atoms with Crippen molar-refractivity contribution in [2.45, 2.75) is 71.8 Å². The van der Waals surface area contributed by atoms with Gasteiger partial charge in [-0.15, -0.1) is 6.42 Å². The van der Waals surface area contributed by atoms with E-state index in [2.05, 4.69) is 39.7 Å². The second kappa shape index (κ2) is 5.59. The van der Waals surface area contributed by atoms with Gasteiger partial charge < -0.3 is 5.11 Å². The molecule has 0 saturated heterocycles. The third-order valence-electron chi connectivity index (χ3n) is 8.86. The summed E-state index contributed by atoms with van der Waals surface area (Å²) in [6.45, 7) is 9.11. The Bertz CT molecular complexity index is 753. The smallest absolute Gasteiger partial charge is 0.155 e. The van der Waals surface area contributed by atoms with E-state index in [0.717, 1.165) is 32.1 Å². The SMILES string of the molecule is C#C[C@]1(O)CC[C@H]2[C@@H]3[C@H](C)CC4=CC(=O)CC[C@]4(C)[C@H]3/C(=C/C)C[C@@]21C. The lowest BCUT2D eigenvalue weighted by Crippen LogP contribution is -2.57. The molecule has 4 aliphatic rings. The van der Waals surface area contributed by atoms with Crippen LogP contribution in [0.25, 0.3) is 0 Å². The monoisotopic (exact) mass is 352 g/mol. The molecule has 0 aromatic heterocycles. The molecule has 140 valence electrons. The minimum atomic E-state index is -0.990. The van der Waals surface area contributed by atoms with Crippen LogP contribution >= 0.6 is 0 Å². The summed E-state index contributed by atoms with van der Waals surface area (Å²) in [5.74, 6) is 5.08. The van der Waals surface area contributed by atoms with Gasteiger partial charge in [-0.25, -0.2) is 0 Å². The molecule has 3 saturated carbocycles. The number of terminal acetylenes is 1. The summed E-state index contributed by atoms with van der Waals surface area (Å²) in [5, 5.41) is 11.3. The molecule has 7 atom stereocenters. The average Bonchev–Trinajstić information content (AvgIpc) is 2.87. The first-order valence-electron chi connectivity index (χ1n) is 10.3. The molecule has 4 rings (SSSR count). The maximum atomic E-state index is 12.1. The lowest BCUT2D eigenvalue weighted by Gasteiger charge is -2.61. The van der Waals surface area contributed by atoms with Crippen molar-refractivity contribution in [1.82, 2.24) is 0 Å². The first-order valence-corrected chi connectivity index (χ1v) is 10.3. The van der Waals surface area contributed by atoms with E-state index in [-0.39, 0.29) is 10.8 Å². The molecule has 2 heteroatoms. The summed E-state index contributed by atoms with van der Waals surface area (Å²) in [6, 6.07) is 0. The predicted octanol–water partition coefficient (Wildman–Crippen LogP) is 4.68. The topological polar surface area (TPSA) is 37.3 Å². The molecule has 3 fully saturated rings. The number of aliphatic hydroxyl groups is 1. The van der Waals surface area contributed by atoms with Crippen LogP contribution in [0.15, 0.2) is 23.3 Å². The van der Waals surface area contributed by atoms with E-state index in [1.165, 1.54) is 11.1 Å². The highest BCUT2D eigenvalue weighted by molar-refractivity contribution is 5.91. The van der Waals surface area contributed by atoms with Crippen molar-refractivity contribution in [2.24, 2.45) is 34.5 Å². The summed E-state index contributed by atoms with van der Waals surface area (Å²) in [4.78, 5) is 12.1. The zero-order chi connectivity index (χ0) is 18.9. The molecule has 0 amide bonds. The van der Waals surface area contributed by atoms with Crippen LogP contribution in [0, 0.1) is 46.8 Å². The predicted molar refractivity (Wildman–Crippen MR) is 104 cm³/mol. The number of hydrogen-bond acceptors (Lipinski definition) is 2. The van der Waals surface area contributed by atoms with Gasteiger partial charge in [0.25, 0.3) is 0 Å². The lowest BCUT2D eigenvalue weighted by atomic mass is 9.43. The van der Waals surface area contributed by atoms with Crippen LogP contribution in [-0.4, -0.2) is 16.5 Å². The minimum absolute atomic E-state index is 0.0884. The number of rotatable bonds is 0. The molecule has 4 aliphatic carbocycles. The molecule has 0 radical (unpaired) electrons. The maximum absolute atomic E-state index is 12.1. The number of carbonyl (C=O) groups is 1. The zero-order valence-corrected chi connectivity index (χ0v) is 16.6. The fourth-order valence-corrected chi connectivity index (χ4v) is 7.37. The van der Waals surface area contributed by atoms with Crippen molar-refractivity contribution >= 4 is 5.78 Å². The van der Waals surface area contributed by atoms with Crippen LogP contribution in [0.5, 0.6) is 0 Å². The molecular weight excluding hydrogens is 320 g/mol. The second-order valence-electron chi connectivity index (χ2n) is 9.90. The average molecular weight is 353 g/mol. The Morgan fingerprint density at radius 2 is 2.08 bits per heavy atom. The van der Waals surface area contributed by atoms with Crippen molar-refractivity contribution in [2.75, 3.05) is 0 Å². The maximum Gasteiger partial charge on any atom is 0.155 e. The number of fused-ring (bicyclic) bond motifs is 5. The first kappa shape index (κ1) is 18.1. The molecule has 0 aliphatic heterocycles. The van der Waals surface area contributed by atoms with E-state index in [1.54, 1.807) is 0 Å². The van der Waals surface area contributed by atoms with Crippen LogP contribution in [0.3, 0.4) is 0 Å². The van der Waals surface area contributed by atoms with Gasteiger partial charge in [0.2, 0.25) is 0 Å². The number of carbonyl (C=O) groups excluding carboxylic acids is 1. The summed E-state index contributed by atoms with van der Waals surface area (Å²) in [7, 11) is 0.